The number of carbonyl (C=O) groups excluding carboxylic acids is 6. The lowest BCUT2D eigenvalue weighted by Gasteiger charge is -2.20. The van der Waals surface area contributed by atoms with Crippen molar-refractivity contribution < 1.29 is 38.7 Å². The Kier molecular flexibility index (Phi) is 12.4. The van der Waals surface area contributed by atoms with Gasteiger partial charge in [-0.15, -0.1) is 5.10 Å². The van der Waals surface area contributed by atoms with Crippen LogP contribution in [0.2, 0.25) is 0 Å². The van der Waals surface area contributed by atoms with Gasteiger partial charge in [-0.25, -0.2) is 4.68 Å². The number of fused-ring (bicyclic) bond motifs is 2. The van der Waals surface area contributed by atoms with E-state index in [1.54, 1.807) is 0 Å². The van der Waals surface area contributed by atoms with Crippen LogP contribution < -0.4 is 43.4 Å². The molecule has 20 heteroatoms. The van der Waals surface area contributed by atoms with E-state index >= 15 is 0 Å². The Labute approximate surface area is 232 Å². The van der Waals surface area contributed by atoms with Crippen molar-refractivity contribution in [1.82, 2.24) is 46.9 Å². The monoisotopic (exact) mass is 580 g/mol. The summed E-state index contributed by atoms with van der Waals surface area (Å²) in [6.45, 7) is -2.00. The first-order chi connectivity index (χ1) is 19.4. The molecule has 0 saturated heterocycles. The highest BCUT2D eigenvalue weighted by molar-refractivity contribution is 5.94. The molecule has 2 rings (SSSR count). The maximum absolute atomic E-state index is 12.7. The van der Waals surface area contributed by atoms with E-state index < -0.39 is 79.6 Å². The number of nitrogens with two attached hydrogens (primary N) is 2. The molecule has 41 heavy (non-hydrogen) atoms. The SMILES string of the molecule is NC(N)=NCCC[C@H]1NC(=O)CNC(=O)CNC(=O)Cn2cc(nn2)CNC(=O)[C@@H](CC(=O)O)NC(=O)CNC1=O. The van der Waals surface area contributed by atoms with Crippen LogP contribution in [0.15, 0.2) is 11.2 Å². The summed E-state index contributed by atoms with van der Waals surface area (Å²) in [6.07, 6.45) is 0.887. The number of aliphatic imine (C=N–C) groups is 1. The van der Waals surface area contributed by atoms with Gasteiger partial charge in [-0.1, -0.05) is 5.21 Å². The average Bonchev–Trinajstić information content (AvgIpc) is 3.35. The van der Waals surface area contributed by atoms with Crippen LogP contribution in [0.3, 0.4) is 0 Å². The number of carbonyl (C=O) groups is 7. The summed E-state index contributed by atoms with van der Waals surface area (Å²) in [7, 11) is 0. The van der Waals surface area contributed by atoms with E-state index in [0.717, 1.165) is 4.68 Å². The standard InChI is InChI=1S/C21H32N12O8/c22-21(23)24-3-1-2-12-19(40)28-8-16(36)30-13(4-18(38)39)20(41)27-5-11-9-33(32-31-11)10-17(37)26-6-14(34)25-7-15(35)29-12/h9,12-13H,1-8,10H2,(H,25,34)(H,26,37)(H,27,41)(H,28,40)(H,29,35)(H,30,36)(H,38,39)(H4,22,23,24)/t12-,13-/m1/s1. The Hall–Kier alpha value is -5.30. The fourth-order valence-electron chi connectivity index (χ4n) is 3.36. The van der Waals surface area contributed by atoms with E-state index in [9.17, 15) is 33.6 Å². The summed E-state index contributed by atoms with van der Waals surface area (Å²) in [6, 6.07) is -2.66. The van der Waals surface area contributed by atoms with Crippen LogP contribution in [0.1, 0.15) is 25.0 Å². The Balaban J connectivity index is 2.17. The van der Waals surface area contributed by atoms with Crippen molar-refractivity contribution in [1.29, 1.82) is 0 Å². The van der Waals surface area contributed by atoms with Crippen molar-refractivity contribution >= 4 is 47.4 Å². The number of guanidine groups is 1. The van der Waals surface area contributed by atoms with E-state index in [0.29, 0.717) is 0 Å². The number of aliphatic carboxylic acids is 1. The van der Waals surface area contributed by atoms with Crippen LogP contribution in [0, 0.1) is 0 Å². The van der Waals surface area contributed by atoms with Gasteiger partial charge in [0.25, 0.3) is 0 Å². The minimum absolute atomic E-state index is 0.0481. The molecule has 0 saturated carbocycles. The fourth-order valence-corrected chi connectivity index (χ4v) is 3.36. The maximum Gasteiger partial charge on any atom is 0.305 e. The number of hydrogen-bond donors (Lipinski definition) is 9. The predicted molar refractivity (Wildman–Crippen MR) is 137 cm³/mol. The number of nitrogens with zero attached hydrogens (tertiary/aromatic N) is 4. The second-order valence-corrected chi connectivity index (χ2v) is 8.68. The third-order valence-electron chi connectivity index (χ3n) is 5.28. The molecule has 1 aliphatic rings. The number of carboxylic acids is 1. The first kappa shape index (κ1) is 31.9. The number of amides is 6. The summed E-state index contributed by atoms with van der Waals surface area (Å²) < 4.78 is 1.14. The van der Waals surface area contributed by atoms with Crippen LogP contribution in [0.4, 0.5) is 0 Å². The number of aromatic nitrogens is 3. The first-order valence-electron chi connectivity index (χ1n) is 12.3. The minimum Gasteiger partial charge on any atom is -0.481 e. The van der Waals surface area contributed by atoms with E-state index in [1.165, 1.54) is 6.20 Å². The molecule has 0 unspecified atom stereocenters. The molecule has 1 aromatic rings. The molecule has 2 bridgehead atoms. The lowest BCUT2D eigenvalue weighted by molar-refractivity contribution is -0.140. The van der Waals surface area contributed by atoms with E-state index in [2.05, 4.69) is 47.2 Å². The minimum atomic E-state index is -1.49. The van der Waals surface area contributed by atoms with Gasteiger partial charge in [-0.3, -0.25) is 38.6 Å². The summed E-state index contributed by atoms with van der Waals surface area (Å²) in [5.74, 6) is -6.07. The second kappa shape index (κ2) is 16.0. The quantitative estimate of drug-likeness (QED) is 0.0862. The van der Waals surface area contributed by atoms with E-state index in [-0.39, 0.29) is 44.1 Å². The van der Waals surface area contributed by atoms with Crippen LogP contribution in [-0.2, 0) is 46.7 Å². The van der Waals surface area contributed by atoms with E-state index in [4.69, 9.17) is 16.6 Å². The van der Waals surface area contributed by atoms with Crippen molar-refractivity contribution in [2.24, 2.45) is 16.5 Å². The number of carboxylic acid groups (broad SMARTS) is 1. The smallest absolute Gasteiger partial charge is 0.305 e. The molecular formula is C21H32N12O8. The van der Waals surface area contributed by atoms with Gasteiger partial charge in [0.1, 0.15) is 24.3 Å². The van der Waals surface area contributed by atoms with Gasteiger partial charge in [0, 0.05) is 6.54 Å². The summed E-state index contributed by atoms with van der Waals surface area (Å²) >= 11 is 0. The molecule has 2 atom stereocenters. The summed E-state index contributed by atoms with van der Waals surface area (Å²) in [4.78, 5) is 89.4. The Morgan fingerprint density at radius 3 is 2.15 bits per heavy atom. The molecule has 0 spiro atoms. The maximum atomic E-state index is 12.7. The molecular weight excluding hydrogens is 548 g/mol. The van der Waals surface area contributed by atoms with Gasteiger partial charge >= 0.3 is 5.97 Å². The molecule has 0 aromatic carbocycles. The zero-order chi connectivity index (χ0) is 30.4. The number of nitrogens with one attached hydrogen (secondary N) is 6. The molecule has 1 aromatic heterocycles. The Morgan fingerprint density at radius 2 is 1.46 bits per heavy atom. The van der Waals surface area contributed by atoms with Gasteiger partial charge in [0.2, 0.25) is 35.4 Å². The normalized spacial score (nSPS) is 20.0. The second-order valence-electron chi connectivity index (χ2n) is 8.68. The van der Waals surface area contributed by atoms with Gasteiger partial charge in [0.05, 0.1) is 38.8 Å². The molecule has 1 aliphatic heterocycles. The zero-order valence-electron chi connectivity index (χ0n) is 21.8. The third-order valence-corrected chi connectivity index (χ3v) is 5.28. The summed E-state index contributed by atoms with van der Waals surface area (Å²) in [5, 5.41) is 30.7. The summed E-state index contributed by atoms with van der Waals surface area (Å²) in [5.41, 5.74) is 10.8. The molecule has 6 amide bonds. The molecule has 0 aliphatic carbocycles. The molecule has 0 fully saturated rings. The highest BCUT2D eigenvalue weighted by Gasteiger charge is 2.26. The van der Waals surface area contributed by atoms with Crippen LogP contribution in [0.5, 0.6) is 0 Å². The lowest BCUT2D eigenvalue weighted by atomic mass is 10.1. The average molecular weight is 581 g/mol. The van der Waals surface area contributed by atoms with Crippen molar-refractivity contribution in [2.45, 2.75) is 44.4 Å². The molecule has 20 nitrogen and oxygen atoms in total. The molecule has 11 N–H and O–H groups in total. The highest BCUT2D eigenvalue weighted by atomic mass is 16.4. The number of hydrogen-bond acceptors (Lipinski definition) is 10. The predicted octanol–water partition coefficient (Wildman–Crippen LogP) is -6.25. The zero-order valence-corrected chi connectivity index (χ0v) is 21.8. The van der Waals surface area contributed by atoms with Crippen molar-refractivity contribution in [3.63, 3.8) is 0 Å². The largest absolute Gasteiger partial charge is 0.481 e. The fraction of sp³-hybridized carbons (Fsp3) is 0.524. The van der Waals surface area contributed by atoms with Gasteiger partial charge in [-0.05, 0) is 12.8 Å². The van der Waals surface area contributed by atoms with Gasteiger partial charge < -0.3 is 48.5 Å². The van der Waals surface area contributed by atoms with Crippen LogP contribution in [0.25, 0.3) is 0 Å². The Morgan fingerprint density at radius 1 is 0.878 bits per heavy atom. The molecule has 0 radical (unpaired) electrons. The van der Waals surface area contributed by atoms with Crippen molar-refractivity contribution in [3.05, 3.63) is 11.9 Å². The lowest BCUT2D eigenvalue weighted by Crippen LogP contribution is -2.53. The molecule has 2 heterocycles. The van der Waals surface area contributed by atoms with Crippen molar-refractivity contribution in [2.75, 3.05) is 26.2 Å². The highest BCUT2D eigenvalue weighted by Crippen LogP contribution is 2.00. The Bertz CT molecular complexity index is 1180. The van der Waals surface area contributed by atoms with Crippen molar-refractivity contribution in [3.8, 4) is 0 Å². The molecule has 224 valence electrons. The van der Waals surface area contributed by atoms with E-state index in [1.807, 2.05) is 0 Å². The van der Waals surface area contributed by atoms with Gasteiger partial charge in [-0.2, -0.15) is 0 Å². The van der Waals surface area contributed by atoms with Gasteiger partial charge in [0.15, 0.2) is 5.96 Å². The first-order valence-corrected chi connectivity index (χ1v) is 12.3. The number of rotatable bonds is 6. The third kappa shape index (κ3) is 12.4. The topological polar surface area (TPSA) is 307 Å². The van der Waals surface area contributed by atoms with Crippen LogP contribution >= 0.6 is 0 Å². The van der Waals surface area contributed by atoms with Crippen LogP contribution in [-0.4, -0.2) is 106 Å².